The maximum absolute atomic E-state index is 12.6. The number of esters is 1. The number of carboxylic acids is 1. The summed E-state index contributed by atoms with van der Waals surface area (Å²) in [6.07, 6.45) is 48.4. The standard InChI is InChI=1S/C45H80NO9P/c1-3-5-7-9-11-13-15-17-18-19-20-21-22-23-24-25-26-28-30-32-34-36-38-52-39-42(40-53-56(50,51)54-41-43(46)45(48)49)55-44(47)37-35-33-31-29-27-16-14-12-10-8-6-4-2/h5,7,11,13,17-18,20-21,23-24,42-43H,3-4,6,8-10,12,14-16,19,22,25-41,46H2,1-2H3,(H,48,49)(H,50,51)/b7-5-,13-11-,18-17-,21-20-,24-23-. The molecule has 0 aliphatic carbocycles. The molecule has 3 unspecified atom stereocenters. The second-order valence-corrected chi connectivity index (χ2v) is 15.9. The van der Waals surface area contributed by atoms with Gasteiger partial charge in [0.2, 0.25) is 0 Å². The van der Waals surface area contributed by atoms with E-state index in [-0.39, 0.29) is 13.0 Å². The number of unbranched alkanes of at least 4 members (excludes halogenated alkanes) is 17. The highest BCUT2D eigenvalue weighted by molar-refractivity contribution is 7.47. The van der Waals surface area contributed by atoms with Crippen LogP contribution in [0.3, 0.4) is 0 Å². The SMILES string of the molecule is CC/C=C\C/C=C\C/C=C\C/C=C\C/C=C\CCCCCCCCOCC(COP(=O)(O)OCC(N)C(=O)O)OC(=O)CCCCCCCCCCCCCC. The maximum Gasteiger partial charge on any atom is 0.472 e. The molecule has 0 aromatic rings. The number of ether oxygens (including phenoxy) is 2. The number of phosphoric acid groups is 1. The highest BCUT2D eigenvalue weighted by atomic mass is 31.2. The van der Waals surface area contributed by atoms with Gasteiger partial charge in [0.25, 0.3) is 0 Å². The Balaban J connectivity index is 4.23. The Labute approximate surface area is 341 Å². The van der Waals surface area contributed by atoms with E-state index in [0.29, 0.717) is 13.0 Å². The lowest BCUT2D eigenvalue weighted by atomic mass is 10.0. The minimum atomic E-state index is -4.62. The van der Waals surface area contributed by atoms with Crippen molar-refractivity contribution in [2.24, 2.45) is 5.73 Å². The quantitative estimate of drug-likeness (QED) is 0.0235. The highest BCUT2D eigenvalue weighted by Crippen LogP contribution is 2.43. The van der Waals surface area contributed by atoms with Crippen LogP contribution in [0.5, 0.6) is 0 Å². The van der Waals surface area contributed by atoms with Crippen LogP contribution < -0.4 is 5.73 Å². The number of nitrogens with two attached hydrogens (primary N) is 1. The van der Waals surface area contributed by atoms with Crippen molar-refractivity contribution in [3.05, 3.63) is 60.8 Å². The minimum Gasteiger partial charge on any atom is -0.480 e. The molecule has 3 atom stereocenters. The van der Waals surface area contributed by atoms with Gasteiger partial charge in [0, 0.05) is 13.0 Å². The zero-order chi connectivity index (χ0) is 41.2. The predicted octanol–water partition coefficient (Wildman–Crippen LogP) is 12.0. The van der Waals surface area contributed by atoms with Crippen molar-refractivity contribution in [3.63, 3.8) is 0 Å². The topological polar surface area (TPSA) is 155 Å². The van der Waals surface area contributed by atoms with E-state index in [4.69, 9.17) is 29.4 Å². The first kappa shape index (κ1) is 53.7. The van der Waals surface area contributed by atoms with Crippen molar-refractivity contribution >= 4 is 19.8 Å². The van der Waals surface area contributed by atoms with Crippen molar-refractivity contribution in [2.75, 3.05) is 26.4 Å². The van der Waals surface area contributed by atoms with E-state index in [9.17, 15) is 19.0 Å². The fourth-order valence-electron chi connectivity index (χ4n) is 5.69. The van der Waals surface area contributed by atoms with Gasteiger partial charge in [0.1, 0.15) is 12.1 Å². The second-order valence-electron chi connectivity index (χ2n) is 14.4. The Morgan fingerprint density at radius 1 is 0.589 bits per heavy atom. The molecule has 0 aromatic heterocycles. The van der Waals surface area contributed by atoms with E-state index in [0.717, 1.165) is 83.5 Å². The van der Waals surface area contributed by atoms with Gasteiger partial charge in [0.15, 0.2) is 0 Å². The Kier molecular flexibility index (Phi) is 39.2. The van der Waals surface area contributed by atoms with E-state index >= 15 is 0 Å². The molecule has 0 bridgehead atoms. The number of hydrogen-bond donors (Lipinski definition) is 3. The highest BCUT2D eigenvalue weighted by Gasteiger charge is 2.27. The molecule has 0 aliphatic heterocycles. The molecule has 10 nitrogen and oxygen atoms in total. The number of aliphatic carboxylic acids is 1. The summed E-state index contributed by atoms with van der Waals surface area (Å²) in [7, 11) is -4.62. The third-order valence-corrected chi connectivity index (χ3v) is 10.0. The van der Waals surface area contributed by atoms with E-state index in [1.165, 1.54) is 64.2 Å². The summed E-state index contributed by atoms with van der Waals surface area (Å²) in [6, 6.07) is -1.48. The molecule has 0 radical (unpaired) electrons. The van der Waals surface area contributed by atoms with Gasteiger partial charge in [-0.05, 0) is 57.8 Å². The van der Waals surface area contributed by atoms with E-state index in [1.807, 2.05) is 0 Å². The lowest BCUT2D eigenvalue weighted by molar-refractivity contribution is -0.154. The molecule has 0 aliphatic rings. The van der Waals surface area contributed by atoms with Gasteiger partial charge in [-0.25, -0.2) is 4.57 Å². The van der Waals surface area contributed by atoms with Crippen LogP contribution in [0.15, 0.2) is 60.8 Å². The first-order valence-corrected chi connectivity index (χ1v) is 23.3. The molecule has 11 heteroatoms. The molecule has 0 amide bonds. The zero-order valence-corrected chi connectivity index (χ0v) is 36.1. The summed E-state index contributed by atoms with van der Waals surface area (Å²) < 4.78 is 33.3. The lowest BCUT2D eigenvalue weighted by Gasteiger charge is -2.20. The Morgan fingerprint density at radius 2 is 1.04 bits per heavy atom. The fraction of sp³-hybridized carbons (Fsp3) is 0.733. The van der Waals surface area contributed by atoms with Crippen LogP contribution in [0.4, 0.5) is 0 Å². The zero-order valence-electron chi connectivity index (χ0n) is 35.2. The summed E-state index contributed by atoms with van der Waals surface area (Å²) in [5.41, 5.74) is 5.35. The van der Waals surface area contributed by atoms with Gasteiger partial charge in [-0.1, -0.05) is 171 Å². The average molecular weight is 810 g/mol. The number of phosphoric ester groups is 1. The first-order chi connectivity index (χ1) is 27.2. The molecule has 0 aromatic carbocycles. The van der Waals surface area contributed by atoms with Gasteiger partial charge in [-0.2, -0.15) is 0 Å². The number of carbonyl (C=O) groups is 2. The van der Waals surface area contributed by atoms with Crippen molar-refractivity contribution in [3.8, 4) is 0 Å². The molecule has 0 heterocycles. The molecule has 324 valence electrons. The number of hydrogen-bond acceptors (Lipinski definition) is 8. The molecular formula is C45H80NO9P. The van der Waals surface area contributed by atoms with Crippen LogP contribution in [0.1, 0.15) is 174 Å². The smallest absolute Gasteiger partial charge is 0.472 e. The van der Waals surface area contributed by atoms with E-state index in [1.54, 1.807) is 0 Å². The average Bonchev–Trinajstić information content (AvgIpc) is 3.18. The summed E-state index contributed by atoms with van der Waals surface area (Å²) in [5.74, 6) is -1.79. The van der Waals surface area contributed by atoms with Crippen LogP contribution >= 0.6 is 7.82 Å². The maximum atomic E-state index is 12.6. The van der Waals surface area contributed by atoms with Crippen molar-refractivity contribution in [1.82, 2.24) is 0 Å². The Hall–Kier alpha value is -2.33. The largest absolute Gasteiger partial charge is 0.480 e. The summed E-state index contributed by atoms with van der Waals surface area (Å²) in [4.78, 5) is 33.5. The van der Waals surface area contributed by atoms with Crippen LogP contribution in [-0.4, -0.2) is 60.5 Å². The normalized spacial score (nSPS) is 14.5. The summed E-state index contributed by atoms with van der Waals surface area (Å²) in [6.45, 7) is 3.72. The predicted molar refractivity (Wildman–Crippen MR) is 231 cm³/mol. The van der Waals surface area contributed by atoms with E-state index < -0.39 is 45.1 Å². The molecule has 56 heavy (non-hydrogen) atoms. The van der Waals surface area contributed by atoms with Gasteiger partial charge < -0.3 is 25.2 Å². The number of allylic oxidation sites excluding steroid dienone is 10. The number of carboxylic acid groups (broad SMARTS) is 1. The molecule has 0 saturated heterocycles. The van der Waals surface area contributed by atoms with Crippen molar-refractivity contribution < 1.29 is 42.7 Å². The van der Waals surface area contributed by atoms with Crippen LogP contribution in [-0.2, 0) is 32.7 Å². The third-order valence-electron chi connectivity index (χ3n) is 9.06. The molecule has 0 saturated carbocycles. The van der Waals surface area contributed by atoms with Gasteiger partial charge in [0.05, 0.1) is 19.8 Å². The molecule has 0 rings (SSSR count). The van der Waals surface area contributed by atoms with Crippen LogP contribution in [0.25, 0.3) is 0 Å². The number of carbonyl (C=O) groups excluding carboxylic acids is 1. The van der Waals surface area contributed by atoms with Gasteiger partial charge >= 0.3 is 19.8 Å². The number of rotatable bonds is 41. The molecular weight excluding hydrogens is 729 g/mol. The van der Waals surface area contributed by atoms with Crippen LogP contribution in [0, 0.1) is 0 Å². The monoisotopic (exact) mass is 810 g/mol. The summed E-state index contributed by atoms with van der Waals surface area (Å²) >= 11 is 0. The van der Waals surface area contributed by atoms with Gasteiger partial charge in [-0.3, -0.25) is 18.6 Å². The van der Waals surface area contributed by atoms with E-state index in [2.05, 4.69) is 74.6 Å². The van der Waals surface area contributed by atoms with Crippen molar-refractivity contribution in [1.29, 1.82) is 0 Å². The molecule has 0 spiro atoms. The molecule has 0 fully saturated rings. The second kappa shape index (κ2) is 40.9. The molecule has 4 N–H and O–H groups in total. The minimum absolute atomic E-state index is 0.00602. The van der Waals surface area contributed by atoms with Gasteiger partial charge in [-0.15, -0.1) is 0 Å². The first-order valence-electron chi connectivity index (χ1n) is 21.8. The summed E-state index contributed by atoms with van der Waals surface area (Å²) in [5, 5.41) is 8.89. The Bertz CT molecular complexity index is 1120. The Morgan fingerprint density at radius 3 is 1.55 bits per heavy atom. The lowest BCUT2D eigenvalue weighted by Crippen LogP contribution is -2.34. The van der Waals surface area contributed by atoms with Crippen molar-refractivity contribution in [2.45, 2.75) is 187 Å². The third kappa shape index (κ3) is 39.9. The fourth-order valence-corrected chi connectivity index (χ4v) is 6.47. The van der Waals surface area contributed by atoms with Crippen LogP contribution in [0.2, 0.25) is 0 Å².